The number of Topliss-reactive ketones (excluding diaryl/α,β-unsaturated/α-hetero) is 1. The number of hydrogen-bond acceptors (Lipinski definition) is 3. The molecule has 1 N–H and O–H groups in total. The molecular formula is C13H14FNO3. The van der Waals surface area contributed by atoms with Crippen LogP contribution in [0.3, 0.4) is 0 Å². The van der Waals surface area contributed by atoms with Gasteiger partial charge in [0.05, 0.1) is 18.2 Å². The predicted octanol–water partition coefficient (Wildman–Crippen LogP) is 1.69. The summed E-state index contributed by atoms with van der Waals surface area (Å²) in [6.07, 6.45) is 0.652. The Morgan fingerprint density at radius 3 is 3.06 bits per heavy atom. The second-order valence-corrected chi connectivity index (χ2v) is 4.09. The van der Waals surface area contributed by atoms with Crippen LogP contribution in [0.15, 0.2) is 18.2 Å². The van der Waals surface area contributed by atoms with Crippen LogP contribution in [0.4, 0.5) is 4.39 Å². The van der Waals surface area contributed by atoms with E-state index in [0.717, 1.165) is 0 Å². The first-order chi connectivity index (χ1) is 8.63. The highest BCUT2D eigenvalue weighted by Gasteiger charge is 2.28. The molecule has 1 heterocycles. The van der Waals surface area contributed by atoms with E-state index >= 15 is 0 Å². The Kier molecular flexibility index (Phi) is 3.60. The van der Waals surface area contributed by atoms with Crippen molar-refractivity contribution in [3.63, 3.8) is 0 Å². The Bertz CT molecular complexity index is 487. The molecule has 0 aromatic heterocycles. The van der Waals surface area contributed by atoms with Crippen molar-refractivity contribution >= 4 is 11.7 Å². The predicted molar refractivity (Wildman–Crippen MR) is 63.1 cm³/mol. The molecular weight excluding hydrogens is 237 g/mol. The fraction of sp³-hybridized carbons (Fsp3) is 0.385. The topological polar surface area (TPSA) is 55.4 Å². The normalized spacial score (nSPS) is 18.6. The van der Waals surface area contributed by atoms with Crippen LogP contribution in [-0.4, -0.2) is 24.3 Å². The third-order valence-electron chi connectivity index (χ3n) is 2.86. The van der Waals surface area contributed by atoms with E-state index in [1.54, 1.807) is 6.92 Å². The lowest BCUT2D eigenvalue weighted by Gasteiger charge is -2.13. The molecule has 1 amide bonds. The number of rotatable bonds is 2. The van der Waals surface area contributed by atoms with Crippen molar-refractivity contribution in [3.8, 4) is 5.75 Å². The van der Waals surface area contributed by atoms with Gasteiger partial charge in [-0.05, 0) is 12.1 Å². The maximum atomic E-state index is 13.5. The Labute approximate surface area is 104 Å². The van der Waals surface area contributed by atoms with E-state index in [4.69, 9.17) is 4.74 Å². The lowest BCUT2D eigenvalue weighted by atomic mass is 10.0. The van der Waals surface area contributed by atoms with Gasteiger partial charge in [0.1, 0.15) is 0 Å². The smallest absolute Gasteiger partial charge is 0.220 e. The largest absolute Gasteiger partial charge is 0.490 e. The number of carbonyl (C=O) groups excluding carboxylic acids is 2. The van der Waals surface area contributed by atoms with Crippen molar-refractivity contribution in [2.75, 3.05) is 6.61 Å². The molecule has 1 atom stereocenters. The van der Waals surface area contributed by atoms with Gasteiger partial charge in [-0.2, -0.15) is 0 Å². The summed E-state index contributed by atoms with van der Waals surface area (Å²) in [5.74, 6) is -1.07. The zero-order valence-corrected chi connectivity index (χ0v) is 10.0. The van der Waals surface area contributed by atoms with E-state index < -0.39 is 11.9 Å². The van der Waals surface area contributed by atoms with Crippen LogP contribution in [0.5, 0.6) is 5.75 Å². The van der Waals surface area contributed by atoms with E-state index in [-0.39, 0.29) is 29.6 Å². The number of para-hydroxylation sites is 1. The summed E-state index contributed by atoms with van der Waals surface area (Å²) >= 11 is 0. The second kappa shape index (κ2) is 5.16. The van der Waals surface area contributed by atoms with Gasteiger partial charge >= 0.3 is 0 Å². The van der Waals surface area contributed by atoms with Crippen LogP contribution in [-0.2, 0) is 4.79 Å². The molecule has 0 bridgehead atoms. The van der Waals surface area contributed by atoms with Crippen LogP contribution >= 0.6 is 0 Å². The summed E-state index contributed by atoms with van der Waals surface area (Å²) in [6.45, 7) is 1.91. The lowest BCUT2D eigenvalue weighted by Crippen LogP contribution is -2.40. The second-order valence-electron chi connectivity index (χ2n) is 4.09. The van der Waals surface area contributed by atoms with E-state index in [2.05, 4.69) is 5.32 Å². The Balaban J connectivity index is 2.29. The summed E-state index contributed by atoms with van der Waals surface area (Å²) in [6, 6.07) is 3.58. The molecule has 1 aromatic rings. The van der Waals surface area contributed by atoms with E-state index in [1.807, 2.05) is 0 Å². The number of nitrogens with one attached hydrogen (secondary N) is 1. The van der Waals surface area contributed by atoms with Crippen LogP contribution in [0.1, 0.15) is 30.1 Å². The van der Waals surface area contributed by atoms with Crippen molar-refractivity contribution in [2.45, 2.75) is 25.8 Å². The first-order valence-electron chi connectivity index (χ1n) is 5.88. The highest BCUT2D eigenvalue weighted by atomic mass is 19.1. The molecule has 4 nitrogen and oxygen atoms in total. The molecule has 0 spiro atoms. The lowest BCUT2D eigenvalue weighted by molar-refractivity contribution is -0.121. The molecule has 5 heteroatoms. The van der Waals surface area contributed by atoms with Gasteiger partial charge in [-0.3, -0.25) is 9.59 Å². The van der Waals surface area contributed by atoms with Crippen molar-refractivity contribution in [2.24, 2.45) is 0 Å². The summed E-state index contributed by atoms with van der Waals surface area (Å²) in [4.78, 5) is 23.5. The van der Waals surface area contributed by atoms with Gasteiger partial charge in [0.2, 0.25) is 5.91 Å². The fourth-order valence-electron chi connectivity index (χ4n) is 1.88. The van der Waals surface area contributed by atoms with Crippen molar-refractivity contribution in [3.05, 3.63) is 29.6 Å². The molecule has 18 heavy (non-hydrogen) atoms. The third-order valence-corrected chi connectivity index (χ3v) is 2.86. The third kappa shape index (κ3) is 2.34. The number of ketones is 1. The van der Waals surface area contributed by atoms with E-state index in [1.165, 1.54) is 18.2 Å². The number of carbonyl (C=O) groups is 2. The number of ether oxygens (including phenoxy) is 1. The van der Waals surface area contributed by atoms with Crippen LogP contribution < -0.4 is 10.1 Å². The number of fused-ring (bicyclic) bond motifs is 1. The number of halogens is 1. The van der Waals surface area contributed by atoms with Gasteiger partial charge in [-0.1, -0.05) is 13.0 Å². The average Bonchev–Trinajstić information content (AvgIpc) is 2.52. The Morgan fingerprint density at radius 2 is 2.33 bits per heavy atom. The van der Waals surface area contributed by atoms with E-state index in [9.17, 15) is 14.0 Å². The van der Waals surface area contributed by atoms with Gasteiger partial charge in [-0.15, -0.1) is 0 Å². The van der Waals surface area contributed by atoms with Gasteiger partial charge in [0.25, 0.3) is 0 Å². The minimum atomic E-state index is -0.638. The molecule has 0 aliphatic carbocycles. The molecule has 1 aromatic carbocycles. The summed E-state index contributed by atoms with van der Waals surface area (Å²) < 4.78 is 18.8. The molecule has 0 fully saturated rings. The number of amides is 1. The molecule has 1 aliphatic heterocycles. The first-order valence-corrected chi connectivity index (χ1v) is 5.88. The zero-order chi connectivity index (χ0) is 13.1. The molecule has 0 saturated heterocycles. The maximum Gasteiger partial charge on any atom is 0.220 e. The SMILES string of the molecule is CCC(=O)NC1CCOc2c(F)cccc2C1=O. The molecule has 0 saturated carbocycles. The molecule has 1 aliphatic rings. The Hall–Kier alpha value is -1.91. The number of hydrogen-bond donors (Lipinski definition) is 1. The van der Waals surface area contributed by atoms with Gasteiger partial charge < -0.3 is 10.1 Å². The minimum absolute atomic E-state index is 0.0178. The highest BCUT2D eigenvalue weighted by molar-refractivity contribution is 6.04. The summed E-state index contributed by atoms with van der Waals surface area (Å²) in [5, 5.41) is 2.63. The minimum Gasteiger partial charge on any atom is -0.490 e. The van der Waals surface area contributed by atoms with Crippen LogP contribution in [0, 0.1) is 5.82 Å². The number of benzene rings is 1. The summed E-state index contributed by atoms with van der Waals surface area (Å²) in [7, 11) is 0. The van der Waals surface area contributed by atoms with Crippen molar-refractivity contribution < 1.29 is 18.7 Å². The fourth-order valence-corrected chi connectivity index (χ4v) is 1.88. The quantitative estimate of drug-likeness (QED) is 0.870. The first kappa shape index (κ1) is 12.5. The average molecular weight is 251 g/mol. The maximum absolute atomic E-state index is 13.5. The molecule has 2 rings (SSSR count). The monoisotopic (exact) mass is 251 g/mol. The van der Waals surface area contributed by atoms with Gasteiger partial charge in [0.15, 0.2) is 17.3 Å². The van der Waals surface area contributed by atoms with Crippen molar-refractivity contribution in [1.82, 2.24) is 5.32 Å². The van der Waals surface area contributed by atoms with Crippen LogP contribution in [0.2, 0.25) is 0 Å². The molecule has 0 radical (unpaired) electrons. The standard InChI is InChI=1S/C13H14FNO3/c1-2-11(16)15-10-6-7-18-13-8(12(10)17)4-3-5-9(13)14/h3-5,10H,2,6-7H2,1H3,(H,15,16). The van der Waals surface area contributed by atoms with Gasteiger partial charge in [0, 0.05) is 12.8 Å². The zero-order valence-electron chi connectivity index (χ0n) is 10.0. The molecule has 96 valence electrons. The van der Waals surface area contributed by atoms with E-state index in [0.29, 0.717) is 12.8 Å². The summed E-state index contributed by atoms with van der Waals surface area (Å²) in [5.41, 5.74) is 0.189. The molecule has 1 unspecified atom stereocenters. The van der Waals surface area contributed by atoms with Crippen molar-refractivity contribution in [1.29, 1.82) is 0 Å². The Morgan fingerprint density at radius 1 is 1.56 bits per heavy atom. The van der Waals surface area contributed by atoms with Crippen LogP contribution in [0.25, 0.3) is 0 Å². The highest BCUT2D eigenvalue weighted by Crippen LogP contribution is 2.27. The van der Waals surface area contributed by atoms with Gasteiger partial charge in [-0.25, -0.2) is 4.39 Å².